The lowest BCUT2D eigenvalue weighted by Gasteiger charge is -2.04. The Bertz CT molecular complexity index is 1360. The number of hydrogen-bond donors (Lipinski definition) is 0. The molecule has 0 aliphatic rings. The van der Waals surface area contributed by atoms with Crippen molar-refractivity contribution >= 4 is 21.5 Å². The molecule has 0 spiro atoms. The van der Waals surface area contributed by atoms with Crippen LogP contribution >= 0.6 is 0 Å². The molecule has 30 heavy (non-hydrogen) atoms. The number of nitrogens with zero attached hydrogens (tertiary/aromatic N) is 2. The van der Waals surface area contributed by atoms with Gasteiger partial charge in [-0.15, -0.1) is 0 Å². The van der Waals surface area contributed by atoms with Gasteiger partial charge in [-0.2, -0.15) is 0 Å². The first-order valence-electron chi connectivity index (χ1n) is 9.67. The van der Waals surface area contributed by atoms with Crippen LogP contribution in [0.3, 0.4) is 0 Å². The van der Waals surface area contributed by atoms with Gasteiger partial charge in [0.05, 0.1) is 0 Å². The zero-order valence-electron chi connectivity index (χ0n) is 16.1. The molecule has 2 heteroatoms. The fraction of sp³-hybridized carbons (Fsp3) is 0. The zero-order chi connectivity index (χ0) is 20.2. The van der Waals surface area contributed by atoms with Crippen LogP contribution in [0.25, 0.3) is 21.5 Å². The van der Waals surface area contributed by atoms with Gasteiger partial charge in [0.25, 0.3) is 0 Å². The number of fused-ring (bicyclic) bond motifs is 2. The molecule has 3 aromatic carbocycles. The molecule has 5 rings (SSSR count). The molecule has 0 saturated heterocycles. The van der Waals surface area contributed by atoms with E-state index in [1.807, 2.05) is 36.4 Å². The van der Waals surface area contributed by atoms with Crippen molar-refractivity contribution in [2.45, 2.75) is 0 Å². The van der Waals surface area contributed by atoms with Crippen LogP contribution in [0.1, 0.15) is 22.5 Å². The van der Waals surface area contributed by atoms with Crippen LogP contribution in [0.4, 0.5) is 0 Å². The Morgan fingerprint density at radius 3 is 1.37 bits per heavy atom. The van der Waals surface area contributed by atoms with E-state index < -0.39 is 0 Å². The molecule has 0 amide bonds. The number of benzene rings is 3. The molecule has 2 aromatic heterocycles. The number of rotatable bonds is 0. The van der Waals surface area contributed by atoms with Crippen molar-refractivity contribution in [1.82, 2.24) is 9.97 Å². The molecular formula is C28H16N2. The van der Waals surface area contributed by atoms with E-state index in [2.05, 4.69) is 82.2 Å². The van der Waals surface area contributed by atoms with Gasteiger partial charge in [0.1, 0.15) is 11.4 Å². The predicted octanol–water partition coefficient (Wildman–Crippen LogP) is 5.58. The molecule has 138 valence electrons. The third kappa shape index (κ3) is 3.90. The molecule has 0 aliphatic carbocycles. The number of pyridine rings is 2. The number of aromatic nitrogens is 2. The quantitative estimate of drug-likeness (QED) is 0.259. The SMILES string of the molecule is C(#Cc1ccccn1)c1ccc2cc3cc(C#Cc4ccccn4)ccc3cc2c1. The summed E-state index contributed by atoms with van der Waals surface area (Å²) in [5.41, 5.74) is 3.50. The van der Waals surface area contributed by atoms with Crippen LogP contribution in [0.2, 0.25) is 0 Å². The smallest absolute Gasteiger partial charge is 0.113 e. The molecule has 0 unspecified atom stereocenters. The van der Waals surface area contributed by atoms with Crippen molar-refractivity contribution in [3.8, 4) is 23.7 Å². The Morgan fingerprint density at radius 2 is 0.933 bits per heavy atom. The molecule has 0 aliphatic heterocycles. The van der Waals surface area contributed by atoms with E-state index in [4.69, 9.17) is 0 Å². The van der Waals surface area contributed by atoms with E-state index in [1.54, 1.807) is 12.4 Å². The minimum atomic E-state index is 0.774. The third-order valence-corrected chi connectivity index (χ3v) is 4.80. The van der Waals surface area contributed by atoms with Gasteiger partial charge in [0.15, 0.2) is 0 Å². The first-order valence-corrected chi connectivity index (χ1v) is 9.67. The zero-order valence-corrected chi connectivity index (χ0v) is 16.1. The van der Waals surface area contributed by atoms with E-state index >= 15 is 0 Å². The largest absolute Gasteiger partial charge is 0.248 e. The molecule has 2 heterocycles. The molecule has 2 nitrogen and oxygen atoms in total. The fourth-order valence-electron chi connectivity index (χ4n) is 3.30. The van der Waals surface area contributed by atoms with Crippen LogP contribution in [0.15, 0.2) is 97.3 Å². The van der Waals surface area contributed by atoms with E-state index in [-0.39, 0.29) is 0 Å². The summed E-state index contributed by atoms with van der Waals surface area (Å²) in [6.45, 7) is 0. The van der Waals surface area contributed by atoms with Crippen molar-refractivity contribution < 1.29 is 0 Å². The lowest BCUT2D eigenvalue weighted by atomic mass is 10.00. The third-order valence-electron chi connectivity index (χ3n) is 4.80. The van der Waals surface area contributed by atoms with Gasteiger partial charge in [-0.3, -0.25) is 0 Å². The summed E-state index contributed by atoms with van der Waals surface area (Å²) in [5.74, 6) is 12.6. The Hall–Kier alpha value is -4.40. The second-order valence-corrected chi connectivity index (χ2v) is 6.91. The molecule has 5 aromatic rings. The summed E-state index contributed by atoms with van der Waals surface area (Å²) in [4.78, 5) is 8.50. The second-order valence-electron chi connectivity index (χ2n) is 6.91. The summed E-state index contributed by atoms with van der Waals surface area (Å²) in [7, 11) is 0. The first-order chi connectivity index (χ1) is 14.8. The lowest BCUT2D eigenvalue weighted by Crippen LogP contribution is -1.83. The average Bonchev–Trinajstić information content (AvgIpc) is 2.81. The normalized spacial score (nSPS) is 10.1. The van der Waals surface area contributed by atoms with Crippen LogP contribution in [-0.4, -0.2) is 9.97 Å². The Balaban J connectivity index is 1.49. The highest BCUT2D eigenvalue weighted by molar-refractivity contribution is 5.99. The summed E-state index contributed by atoms with van der Waals surface area (Å²) >= 11 is 0. The summed E-state index contributed by atoms with van der Waals surface area (Å²) in [6, 6.07) is 28.5. The second kappa shape index (κ2) is 7.92. The summed E-state index contributed by atoms with van der Waals surface area (Å²) in [6.07, 6.45) is 3.51. The van der Waals surface area contributed by atoms with Crippen LogP contribution in [0.5, 0.6) is 0 Å². The van der Waals surface area contributed by atoms with Gasteiger partial charge in [-0.1, -0.05) is 36.1 Å². The predicted molar refractivity (Wildman–Crippen MR) is 122 cm³/mol. The Labute approximate surface area is 175 Å². The van der Waals surface area contributed by atoms with Crippen molar-refractivity contribution in [2.75, 3.05) is 0 Å². The van der Waals surface area contributed by atoms with E-state index in [0.717, 1.165) is 22.5 Å². The van der Waals surface area contributed by atoms with E-state index in [1.165, 1.54) is 21.5 Å². The average molecular weight is 380 g/mol. The summed E-state index contributed by atoms with van der Waals surface area (Å²) < 4.78 is 0. The highest BCUT2D eigenvalue weighted by atomic mass is 14.6. The van der Waals surface area contributed by atoms with Crippen molar-refractivity contribution in [1.29, 1.82) is 0 Å². The van der Waals surface area contributed by atoms with Gasteiger partial charge in [0, 0.05) is 23.5 Å². The van der Waals surface area contributed by atoms with Gasteiger partial charge in [-0.25, -0.2) is 9.97 Å². The molecule has 0 N–H and O–H groups in total. The van der Waals surface area contributed by atoms with Crippen molar-refractivity contribution in [3.05, 3.63) is 120 Å². The summed E-state index contributed by atoms with van der Waals surface area (Å²) in [5, 5.41) is 4.70. The molecule has 0 fully saturated rings. The number of hydrogen-bond acceptors (Lipinski definition) is 2. The van der Waals surface area contributed by atoms with Crippen LogP contribution in [0, 0.1) is 23.7 Å². The minimum Gasteiger partial charge on any atom is -0.248 e. The maximum Gasteiger partial charge on any atom is 0.113 e. The molecular weight excluding hydrogens is 364 g/mol. The topological polar surface area (TPSA) is 25.8 Å². The van der Waals surface area contributed by atoms with Crippen LogP contribution in [-0.2, 0) is 0 Å². The van der Waals surface area contributed by atoms with Crippen LogP contribution < -0.4 is 0 Å². The van der Waals surface area contributed by atoms with Crippen molar-refractivity contribution in [2.24, 2.45) is 0 Å². The lowest BCUT2D eigenvalue weighted by molar-refractivity contribution is 1.29. The maximum absolute atomic E-state index is 4.25. The molecule has 0 saturated carbocycles. The van der Waals surface area contributed by atoms with E-state index in [0.29, 0.717) is 0 Å². The molecule has 0 bridgehead atoms. The van der Waals surface area contributed by atoms with Gasteiger partial charge < -0.3 is 0 Å². The van der Waals surface area contributed by atoms with Gasteiger partial charge >= 0.3 is 0 Å². The van der Waals surface area contributed by atoms with E-state index in [9.17, 15) is 0 Å². The standard InChI is InChI=1S/C28H16N2/c1-3-15-29-27(5-1)13-9-21-7-11-23-20-26-18-22(8-12-24(26)19-25(23)17-21)10-14-28-6-2-4-16-30-28/h1-8,11-12,15-20H. The monoisotopic (exact) mass is 380 g/mol. The maximum atomic E-state index is 4.25. The Kier molecular flexibility index (Phi) is 4.67. The minimum absolute atomic E-state index is 0.774. The Morgan fingerprint density at radius 1 is 0.433 bits per heavy atom. The van der Waals surface area contributed by atoms with Gasteiger partial charge in [-0.05, 0) is 94.0 Å². The fourth-order valence-corrected chi connectivity index (χ4v) is 3.30. The highest BCUT2D eigenvalue weighted by Crippen LogP contribution is 2.24. The highest BCUT2D eigenvalue weighted by Gasteiger charge is 2.01. The van der Waals surface area contributed by atoms with Crippen molar-refractivity contribution in [3.63, 3.8) is 0 Å². The molecule has 0 atom stereocenters. The van der Waals surface area contributed by atoms with Gasteiger partial charge in [0.2, 0.25) is 0 Å². The first kappa shape index (κ1) is 17.7. The molecule has 0 radical (unpaired) electrons.